The van der Waals surface area contributed by atoms with Crippen LogP contribution >= 0.6 is 11.8 Å². The first kappa shape index (κ1) is 13.2. The van der Waals surface area contributed by atoms with Crippen LogP contribution in [0.2, 0.25) is 0 Å². The van der Waals surface area contributed by atoms with Crippen LogP contribution in [0.1, 0.15) is 18.4 Å². The highest BCUT2D eigenvalue weighted by Crippen LogP contribution is 2.33. The zero-order valence-corrected chi connectivity index (χ0v) is 11.6. The molecule has 1 aromatic rings. The van der Waals surface area contributed by atoms with E-state index < -0.39 is 5.82 Å². The minimum absolute atomic E-state index is 0.00178. The third-order valence-electron chi connectivity index (χ3n) is 3.29. The van der Waals surface area contributed by atoms with Crippen molar-refractivity contribution in [3.63, 3.8) is 0 Å². The number of thioether (sulfide) groups is 1. The topological polar surface area (TPSA) is 59.7 Å². The quantitative estimate of drug-likeness (QED) is 0.836. The largest absolute Gasteiger partial charge is 0.507 e. The lowest BCUT2D eigenvalue weighted by atomic mass is 10.2. The first-order valence-corrected chi connectivity index (χ1v) is 7.26. The van der Waals surface area contributed by atoms with Gasteiger partial charge in [0.05, 0.1) is 4.91 Å². The highest BCUT2D eigenvalue weighted by molar-refractivity contribution is 8.18. The van der Waals surface area contributed by atoms with Crippen LogP contribution in [0, 0.1) is 11.2 Å². The second-order valence-electron chi connectivity index (χ2n) is 4.75. The lowest BCUT2D eigenvalue weighted by molar-refractivity contribution is 0.471. The summed E-state index contributed by atoms with van der Waals surface area (Å²) in [5, 5.41) is 18.4. The second-order valence-corrected chi connectivity index (χ2v) is 5.76. The van der Waals surface area contributed by atoms with Crippen molar-refractivity contribution in [1.29, 1.82) is 5.41 Å². The molecule has 0 aromatic heterocycles. The standard InChI is InChI=1S/C14H14FN3OS/c15-10-3-4-11(19)9(7-10)8-12-13(16)17-14(20-12)18-5-1-2-6-18/h3-4,7-8,16,19H,1-2,5-6H2/b12-8-,16-13?. The van der Waals surface area contributed by atoms with Crippen LogP contribution in [0.15, 0.2) is 28.1 Å². The van der Waals surface area contributed by atoms with Gasteiger partial charge < -0.3 is 10.0 Å². The van der Waals surface area contributed by atoms with Gasteiger partial charge in [-0.2, -0.15) is 0 Å². The molecular formula is C14H14FN3OS. The Morgan fingerprint density at radius 1 is 1.35 bits per heavy atom. The Bertz CT molecular complexity index is 621. The fraction of sp³-hybridized carbons (Fsp3) is 0.286. The Balaban J connectivity index is 1.83. The molecule has 6 heteroatoms. The zero-order chi connectivity index (χ0) is 14.1. The van der Waals surface area contributed by atoms with Crippen molar-refractivity contribution < 1.29 is 9.50 Å². The number of benzene rings is 1. The molecule has 4 nitrogen and oxygen atoms in total. The van der Waals surface area contributed by atoms with Gasteiger partial charge in [-0.05, 0) is 48.9 Å². The van der Waals surface area contributed by atoms with Crippen molar-refractivity contribution in [1.82, 2.24) is 4.90 Å². The Labute approximate surface area is 120 Å². The maximum Gasteiger partial charge on any atom is 0.171 e. The maximum atomic E-state index is 13.2. The number of halogens is 1. The van der Waals surface area contributed by atoms with E-state index >= 15 is 0 Å². The molecule has 0 amide bonds. The number of phenolic OH excluding ortho intramolecular Hbond substituents is 1. The fourth-order valence-corrected chi connectivity index (χ4v) is 3.22. The summed E-state index contributed by atoms with van der Waals surface area (Å²) in [5.41, 5.74) is 0.370. The number of hydrogen-bond acceptors (Lipinski definition) is 4. The molecule has 0 unspecified atom stereocenters. The molecule has 1 aromatic carbocycles. The lowest BCUT2D eigenvalue weighted by Crippen LogP contribution is -2.23. The van der Waals surface area contributed by atoms with E-state index in [0.717, 1.165) is 31.1 Å². The smallest absolute Gasteiger partial charge is 0.171 e. The molecule has 2 N–H and O–H groups in total. The van der Waals surface area contributed by atoms with E-state index in [0.29, 0.717) is 10.5 Å². The molecule has 0 saturated carbocycles. The number of amidine groups is 2. The van der Waals surface area contributed by atoms with Crippen molar-refractivity contribution >= 4 is 28.8 Å². The predicted molar refractivity (Wildman–Crippen MR) is 79.6 cm³/mol. The SMILES string of the molecule is N=C1N=C(N2CCCC2)S/C1=C\c1cc(F)ccc1O. The number of nitrogens with zero attached hydrogens (tertiary/aromatic N) is 2. The molecule has 0 radical (unpaired) electrons. The van der Waals surface area contributed by atoms with E-state index in [2.05, 4.69) is 9.89 Å². The summed E-state index contributed by atoms with van der Waals surface area (Å²) in [4.78, 5) is 7.04. The number of likely N-dealkylation sites (tertiary alicyclic amines) is 1. The molecule has 104 valence electrons. The van der Waals surface area contributed by atoms with E-state index in [4.69, 9.17) is 5.41 Å². The second kappa shape index (κ2) is 5.28. The van der Waals surface area contributed by atoms with Gasteiger partial charge in [0.1, 0.15) is 11.6 Å². The third kappa shape index (κ3) is 2.56. The monoisotopic (exact) mass is 291 g/mol. The number of aromatic hydroxyl groups is 1. The van der Waals surface area contributed by atoms with Gasteiger partial charge in [-0.3, -0.25) is 5.41 Å². The van der Waals surface area contributed by atoms with Crippen LogP contribution in [0.25, 0.3) is 6.08 Å². The maximum absolute atomic E-state index is 13.2. The highest BCUT2D eigenvalue weighted by Gasteiger charge is 2.25. The average molecular weight is 291 g/mol. The van der Waals surface area contributed by atoms with E-state index in [9.17, 15) is 9.50 Å². The minimum Gasteiger partial charge on any atom is -0.507 e. The van der Waals surface area contributed by atoms with Gasteiger partial charge in [-0.25, -0.2) is 9.38 Å². The van der Waals surface area contributed by atoms with Crippen LogP contribution in [-0.2, 0) is 0 Å². The Morgan fingerprint density at radius 3 is 2.85 bits per heavy atom. The number of hydrogen-bond donors (Lipinski definition) is 2. The van der Waals surface area contributed by atoms with Gasteiger partial charge in [-0.1, -0.05) is 0 Å². The summed E-state index contributed by atoms with van der Waals surface area (Å²) >= 11 is 1.40. The summed E-state index contributed by atoms with van der Waals surface area (Å²) in [5.74, 6) is -0.243. The number of nitrogens with one attached hydrogen (secondary N) is 1. The third-order valence-corrected chi connectivity index (χ3v) is 4.36. The summed E-state index contributed by atoms with van der Waals surface area (Å²) in [7, 11) is 0. The summed E-state index contributed by atoms with van der Waals surface area (Å²) in [6.07, 6.45) is 3.91. The minimum atomic E-state index is -0.412. The number of phenols is 1. The van der Waals surface area contributed by atoms with E-state index in [1.807, 2.05) is 0 Å². The molecule has 0 aliphatic carbocycles. The van der Waals surface area contributed by atoms with Crippen molar-refractivity contribution in [2.24, 2.45) is 4.99 Å². The van der Waals surface area contributed by atoms with Crippen LogP contribution in [-0.4, -0.2) is 34.1 Å². The lowest BCUT2D eigenvalue weighted by Gasteiger charge is -2.14. The van der Waals surface area contributed by atoms with Crippen LogP contribution in [0.4, 0.5) is 4.39 Å². The Morgan fingerprint density at radius 2 is 2.10 bits per heavy atom. The first-order valence-electron chi connectivity index (χ1n) is 6.44. The van der Waals surface area contributed by atoms with Gasteiger partial charge in [0.15, 0.2) is 11.0 Å². The van der Waals surface area contributed by atoms with Gasteiger partial charge in [-0.15, -0.1) is 0 Å². The molecule has 20 heavy (non-hydrogen) atoms. The van der Waals surface area contributed by atoms with Crippen LogP contribution in [0.3, 0.4) is 0 Å². The van der Waals surface area contributed by atoms with Gasteiger partial charge in [0.25, 0.3) is 0 Å². The van der Waals surface area contributed by atoms with Crippen LogP contribution in [0.5, 0.6) is 5.75 Å². The molecule has 0 spiro atoms. The highest BCUT2D eigenvalue weighted by atomic mass is 32.2. The van der Waals surface area contributed by atoms with E-state index in [1.165, 1.54) is 30.0 Å². The van der Waals surface area contributed by atoms with E-state index in [1.54, 1.807) is 6.08 Å². The molecule has 2 heterocycles. The summed E-state index contributed by atoms with van der Waals surface area (Å²) in [6.45, 7) is 1.94. The Hall–Kier alpha value is -1.82. The number of rotatable bonds is 1. The van der Waals surface area contributed by atoms with Crippen molar-refractivity contribution in [2.45, 2.75) is 12.8 Å². The summed E-state index contributed by atoms with van der Waals surface area (Å²) in [6, 6.07) is 3.77. The van der Waals surface area contributed by atoms with Crippen molar-refractivity contribution in [3.8, 4) is 5.75 Å². The van der Waals surface area contributed by atoms with Crippen molar-refractivity contribution in [3.05, 3.63) is 34.5 Å². The molecule has 3 rings (SSSR count). The first-order chi connectivity index (χ1) is 9.63. The fourth-order valence-electron chi connectivity index (χ4n) is 2.24. The predicted octanol–water partition coefficient (Wildman–Crippen LogP) is 3.05. The zero-order valence-electron chi connectivity index (χ0n) is 10.8. The van der Waals surface area contributed by atoms with Gasteiger partial charge in [0.2, 0.25) is 0 Å². The van der Waals surface area contributed by atoms with Gasteiger partial charge >= 0.3 is 0 Å². The normalized spacial score (nSPS) is 20.9. The Kier molecular flexibility index (Phi) is 3.48. The molecular weight excluding hydrogens is 277 g/mol. The molecule has 1 saturated heterocycles. The average Bonchev–Trinajstić information content (AvgIpc) is 3.04. The molecule has 2 aliphatic rings. The van der Waals surface area contributed by atoms with Crippen molar-refractivity contribution in [2.75, 3.05) is 13.1 Å². The van der Waals surface area contributed by atoms with Gasteiger partial charge in [0, 0.05) is 18.7 Å². The number of aliphatic imine (C=N–C) groups is 1. The molecule has 0 atom stereocenters. The molecule has 2 aliphatic heterocycles. The van der Waals surface area contributed by atoms with E-state index in [-0.39, 0.29) is 11.6 Å². The molecule has 0 bridgehead atoms. The van der Waals surface area contributed by atoms with Crippen LogP contribution < -0.4 is 0 Å². The summed E-state index contributed by atoms with van der Waals surface area (Å²) < 4.78 is 13.2. The molecule has 1 fully saturated rings.